The van der Waals surface area contributed by atoms with Crippen LogP contribution in [0.2, 0.25) is 0 Å². The first-order valence-corrected chi connectivity index (χ1v) is 10.2. The number of carbonyl (C=O) groups is 1. The summed E-state index contributed by atoms with van der Waals surface area (Å²) in [5, 5.41) is 8.29. The fraction of sp³-hybridized carbons (Fsp3) is 0.435. The molecule has 0 fully saturated rings. The van der Waals surface area contributed by atoms with E-state index < -0.39 is 0 Å². The third-order valence-corrected chi connectivity index (χ3v) is 5.07. The van der Waals surface area contributed by atoms with Crippen molar-refractivity contribution in [2.24, 2.45) is 7.05 Å². The number of aromatic nitrogens is 3. The number of hydrogen-bond acceptors (Lipinski definition) is 4. The molecule has 1 atom stereocenters. The van der Waals surface area contributed by atoms with Crippen molar-refractivity contribution in [3.05, 3.63) is 58.9 Å². The standard InChI is InChI=1S/C23H30N4O2/c1-15(2)20-14-19(21-16(3)26-27(5)22(21)25-20)23(28)24-12-9-13-29-17(4)18-10-7-6-8-11-18/h6-8,10-11,14-15,17H,9,12-13H2,1-5H3,(H,24,28). The Balaban J connectivity index is 1.61. The van der Waals surface area contributed by atoms with Gasteiger partial charge < -0.3 is 10.1 Å². The van der Waals surface area contributed by atoms with Crippen molar-refractivity contribution in [2.75, 3.05) is 13.2 Å². The Bertz CT molecular complexity index is 979. The summed E-state index contributed by atoms with van der Waals surface area (Å²) in [6.45, 7) is 9.25. The van der Waals surface area contributed by atoms with Crippen LogP contribution in [0.1, 0.15) is 66.5 Å². The van der Waals surface area contributed by atoms with Gasteiger partial charge in [-0.25, -0.2) is 4.98 Å². The fourth-order valence-electron chi connectivity index (χ4n) is 3.39. The van der Waals surface area contributed by atoms with Crippen LogP contribution in [0.4, 0.5) is 0 Å². The lowest BCUT2D eigenvalue weighted by molar-refractivity contribution is 0.0635. The van der Waals surface area contributed by atoms with E-state index in [4.69, 9.17) is 9.72 Å². The molecule has 154 valence electrons. The van der Waals surface area contributed by atoms with Gasteiger partial charge in [0.1, 0.15) is 0 Å². The lowest BCUT2D eigenvalue weighted by atomic mass is 10.0. The summed E-state index contributed by atoms with van der Waals surface area (Å²) in [4.78, 5) is 17.6. The minimum absolute atomic E-state index is 0.0402. The number of amides is 1. The third kappa shape index (κ3) is 4.82. The number of carbonyl (C=O) groups excluding carboxylic acids is 1. The highest BCUT2D eigenvalue weighted by Gasteiger charge is 2.19. The highest BCUT2D eigenvalue weighted by molar-refractivity contribution is 6.06. The third-order valence-electron chi connectivity index (χ3n) is 5.07. The van der Waals surface area contributed by atoms with E-state index in [2.05, 4.69) is 36.4 Å². The van der Waals surface area contributed by atoms with Gasteiger partial charge in [-0.1, -0.05) is 44.2 Å². The average Bonchev–Trinajstić information content (AvgIpc) is 3.01. The Morgan fingerprint density at radius 2 is 1.93 bits per heavy atom. The molecule has 0 aliphatic rings. The highest BCUT2D eigenvalue weighted by atomic mass is 16.5. The Kier molecular flexibility index (Phi) is 6.64. The number of pyridine rings is 1. The molecule has 0 bridgehead atoms. The van der Waals surface area contributed by atoms with Gasteiger partial charge in [0.25, 0.3) is 5.91 Å². The molecule has 1 N–H and O–H groups in total. The van der Waals surface area contributed by atoms with Crippen LogP contribution in [0.3, 0.4) is 0 Å². The molecule has 0 saturated carbocycles. The molecule has 1 amide bonds. The van der Waals surface area contributed by atoms with E-state index in [9.17, 15) is 4.79 Å². The van der Waals surface area contributed by atoms with Gasteiger partial charge in [0, 0.05) is 25.9 Å². The maximum Gasteiger partial charge on any atom is 0.252 e. The second-order valence-corrected chi connectivity index (χ2v) is 7.69. The SMILES string of the molecule is Cc1nn(C)c2nc(C(C)C)cc(C(=O)NCCCOC(C)c3ccccc3)c12. The number of aryl methyl sites for hydroxylation is 2. The predicted molar refractivity (Wildman–Crippen MR) is 115 cm³/mol. The largest absolute Gasteiger partial charge is 0.374 e. The molecule has 2 aromatic heterocycles. The first-order valence-electron chi connectivity index (χ1n) is 10.2. The molecule has 0 saturated heterocycles. The van der Waals surface area contributed by atoms with Crippen molar-refractivity contribution in [2.45, 2.75) is 46.1 Å². The van der Waals surface area contributed by atoms with Crippen molar-refractivity contribution in [3.8, 4) is 0 Å². The molecule has 6 heteroatoms. The number of rotatable bonds is 8. The van der Waals surface area contributed by atoms with Gasteiger partial charge in [0.15, 0.2) is 5.65 Å². The molecule has 2 heterocycles. The molecule has 0 radical (unpaired) electrons. The van der Waals surface area contributed by atoms with Crippen molar-refractivity contribution >= 4 is 16.9 Å². The summed E-state index contributed by atoms with van der Waals surface area (Å²) in [7, 11) is 1.86. The number of nitrogens with one attached hydrogen (secondary N) is 1. The molecule has 0 spiro atoms. The maximum atomic E-state index is 12.9. The Hall–Kier alpha value is -2.73. The highest BCUT2D eigenvalue weighted by Crippen LogP contribution is 2.24. The smallest absolute Gasteiger partial charge is 0.252 e. The van der Waals surface area contributed by atoms with Crippen LogP contribution in [-0.2, 0) is 11.8 Å². The number of ether oxygens (including phenoxy) is 1. The monoisotopic (exact) mass is 394 g/mol. The Morgan fingerprint density at radius 3 is 2.62 bits per heavy atom. The van der Waals surface area contributed by atoms with Crippen molar-refractivity contribution < 1.29 is 9.53 Å². The minimum Gasteiger partial charge on any atom is -0.374 e. The Labute approximate surface area is 172 Å². The first-order chi connectivity index (χ1) is 13.9. The van der Waals surface area contributed by atoms with Gasteiger partial charge in [-0.15, -0.1) is 0 Å². The van der Waals surface area contributed by atoms with Crippen LogP contribution in [-0.4, -0.2) is 33.8 Å². The summed E-state index contributed by atoms with van der Waals surface area (Å²) in [6.07, 6.45) is 0.790. The second kappa shape index (κ2) is 9.18. The molecule has 1 aromatic carbocycles. The van der Waals surface area contributed by atoms with Crippen LogP contribution in [0.25, 0.3) is 11.0 Å². The number of nitrogens with zero attached hydrogens (tertiary/aromatic N) is 3. The van der Waals surface area contributed by atoms with Crippen LogP contribution < -0.4 is 5.32 Å². The zero-order chi connectivity index (χ0) is 21.0. The molecule has 6 nitrogen and oxygen atoms in total. The van der Waals surface area contributed by atoms with E-state index in [1.165, 1.54) is 0 Å². The lowest BCUT2D eigenvalue weighted by Gasteiger charge is -2.14. The molecular formula is C23H30N4O2. The van der Waals surface area contributed by atoms with Crippen molar-refractivity contribution in [1.82, 2.24) is 20.1 Å². The van der Waals surface area contributed by atoms with Crippen molar-refractivity contribution in [1.29, 1.82) is 0 Å². The zero-order valence-electron chi connectivity index (χ0n) is 17.9. The van der Waals surface area contributed by atoms with E-state index in [1.54, 1.807) is 4.68 Å². The molecule has 0 aliphatic heterocycles. The number of hydrogen-bond donors (Lipinski definition) is 1. The van der Waals surface area contributed by atoms with Crippen molar-refractivity contribution in [3.63, 3.8) is 0 Å². The fourth-order valence-corrected chi connectivity index (χ4v) is 3.39. The van der Waals surface area contributed by atoms with Gasteiger partial charge in [0.2, 0.25) is 0 Å². The van der Waals surface area contributed by atoms with Crippen LogP contribution in [0, 0.1) is 6.92 Å². The van der Waals surface area contributed by atoms with Crippen LogP contribution in [0.15, 0.2) is 36.4 Å². The molecule has 0 aliphatic carbocycles. The van der Waals surface area contributed by atoms with Gasteiger partial charge in [-0.05, 0) is 37.8 Å². The summed E-state index contributed by atoms with van der Waals surface area (Å²) in [5.74, 6) is 0.139. The van der Waals surface area contributed by atoms with E-state index in [1.807, 2.05) is 45.2 Å². The number of benzene rings is 1. The molecular weight excluding hydrogens is 364 g/mol. The van der Waals surface area contributed by atoms with Gasteiger partial charge >= 0.3 is 0 Å². The van der Waals surface area contributed by atoms with Crippen LogP contribution >= 0.6 is 0 Å². The summed E-state index contributed by atoms with van der Waals surface area (Å²) in [6, 6.07) is 12.0. The van der Waals surface area contributed by atoms with E-state index in [0.29, 0.717) is 18.7 Å². The quantitative estimate of drug-likeness (QED) is 0.579. The second-order valence-electron chi connectivity index (χ2n) is 7.69. The topological polar surface area (TPSA) is 69.0 Å². The summed E-state index contributed by atoms with van der Waals surface area (Å²) < 4.78 is 7.63. The number of fused-ring (bicyclic) bond motifs is 1. The molecule has 3 rings (SSSR count). The average molecular weight is 395 g/mol. The summed E-state index contributed by atoms with van der Waals surface area (Å²) >= 11 is 0. The summed E-state index contributed by atoms with van der Waals surface area (Å²) in [5.41, 5.74) is 4.26. The van der Waals surface area contributed by atoms with Gasteiger partial charge in [-0.2, -0.15) is 5.10 Å². The normalized spacial score (nSPS) is 12.5. The maximum absolute atomic E-state index is 12.9. The van der Waals surface area contributed by atoms with E-state index in [-0.39, 0.29) is 17.9 Å². The van der Waals surface area contributed by atoms with E-state index in [0.717, 1.165) is 34.4 Å². The predicted octanol–water partition coefficient (Wildman–Crippen LogP) is 4.30. The molecule has 1 unspecified atom stereocenters. The minimum atomic E-state index is -0.0912. The zero-order valence-corrected chi connectivity index (χ0v) is 17.9. The Morgan fingerprint density at radius 1 is 1.21 bits per heavy atom. The first kappa shape index (κ1) is 21.0. The molecule has 3 aromatic rings. The van der Waals surface area contributed by atoms with Crippen LogP contribution in [0.5, 0.6) is 0 Å². The molecule has 29 heavy (non-hydrogen) atoms. The van der Waals surface area contributed by atoms with Gasteiger partial charge in [0.05, 0.1) is 22.7 Å². The van der Waals surface area contributed by atoms with E-state index >= 15 is 0 Å². The lowest BCUT2D eigenvalue weighted by Crippen LogP contribution is -2.26. The van der Waals surface area contributed by atoms with Gasteiger partial charge in [-0.3, -0.25) is 9.48 Å².